The number of halogens is 1. The van der Waals surface area contributed by atoms with Crippen molar-refractivity contribution in [3.05, 3.63) is 34.3 Å². The Balaban J connectivity index is 1.89. The van der Waals surface area contributed by atoms with E-state index in [2.05, 4.69) is 20.8 Å². The average Bonchev–Trinajstić information content (AvgIpc) is 3.19. The fourth-order valence-electron chi connectivity index (χ4n) is 2.11. The van der Waals surface area contributed by atoms with Crippen LogP contribution in [0.2, 0.25) is 0 Å². The quantitative estimate of drug-likeness (QED) is 0.786. The Bertz CT molecular complexity index is 418. The molecule has 1 saturated carbocycles. The molecule has 0 atom stereocenters. The molecule has 18 heavy (non-hydrogen) atoms. The Labute approximate surface area is 116 Å². The Morgan fingerprint density at radius 3 is 2.67 bits per heavy atom. The Morgan fingerprint density at radius 2 is 2.06 bits per heavy atom. The molecule has 0 aliphatic heterocycles. The predicted octanol–water partition coefficient (Wildman–Crippen LogP) is 2.48. The summed E-state index contributed by atoms with van der Waals surface area (Å²) >= 11 is 3.40. The van der Waals surface area contributed by atoms with Gasteiger partial charge in [-0.15, -0.1) is 0 Å². The standard InChI is InChI=1S/C14H18BrNO2/c15-13-4-2-1-3-12(13)14(18)7-8-16(9-10-17)11-5-6-11/h1-4,11,17H,5-10H2. The van der Waals surface area contributed by atoms with Crippen LogP contribution < -0.4 is 0 Å². The molecule has 2 rings (SSSR count). The van der Waals surface area contributed by atoms with E-state index >= 15 is 0 Å². The molecule has 0 amide bonds. The van der Waals surface area contributed by atoms with Crippen LogP contribution in [0, 0.1) is 0 Å². The summed E-state index contributed by atoms with van der Waals surface area (Å²) in [5.74, 6) is 0.158. The molecule has 3 nitrogen and oxygen atoms in total. The number of benzene rings is 1. The molecular formula is C14H18BrNO2. The van der Waals surface area contributed by atoms with E-state index in [1.54, 1.807) is 0 Å². The van der Waals surface area contributed by atoms with Gasteiger partial charge in [0.15, 0.2) is 5.78 Å². The molecule has 4 heteroatoms. The Morgan fingerprint density at radius 1 is 1.33 bits per heavy atom. The van der Waals surface area contributed by atoms with Crippen LogP contribution >= 0.6 is 15.9 Å². The van der Waals surface area contributed by atoms with E-state index in [1.165, 1.54) is 12.8 Å². The fourth-order valence-corrected chi connectivity index (χ4v) is 2.62. The molecule has 0 saturated heterocycles. The van der Waals surface area contributed by atoms with Crippen molar-refractivity contribution in [3.8, 4) is 0 Å². The summed E-state index contributed by atoms with van der Waals surface area (Å²) in [7, 11) is 0. The highest BCUT2D eigenvalue weighted by Gasteiger charge is 2.28. The first-order valence-electron chi connectivity index (χ1n) is 6.35. The van der Waals surface area contributed by atoms with Gasteiger partial charge in [0.2, 0.25) is 0 Å². The number of hydrogen-bond donors (Lipinski definition) is 1. The van der Waals surface area contributed by atoms with Crippen molar-refractivity contribution in [2.24, 2.45) is 0 Å². The first-order valence-corrected chi connectivity index (χ1v) is 7.14. The highest BCUT2D eigenvalue weighted by atomic mass is 79.9. The van der Waals surface area contributed by atoms with Gasteiger partial charge in [-0.2, -0.15) is 0 Å². The third kappa shape index (κ3) is 3.64. The van der Waals surface area contributed by atoms with E-state index in [4.69, 9.17) is 5.11 Å². The summed E-state index contributed by atoms with van der Waals surface area (Å²) < 4.78 is 0.857. The second kappa shape index (κ2) is 6.45. The first kappa shape index (κ1) is 13.7. The van der Waals surface area contributed by atoms with Gasteiger partial charge in [-0.3, -0.25) is 9.69 Å². The van der Waals surface area contributed by atoms with Gasteiger partial charge in [0.1, 0.15) is 0 Å². The fraction of sp³-hybridized carbons (Fsp3) is 0.500. The van der Waals surface area contributed by atoms with Crippen molar-refractivity contribution in [2.75, 3.05) is 19.7 Å². The third-order valence-corrected chi connectivity index (χ3v) is 3.94. The van der Waals surface area contributed by atoms with Crippen LogP contribution in [0.15, 0.2) is 28.7 Å². The molecule has 1 aliphatic rings. The monoisotopic (exact) mass is 311 g/mol. The minimum atomic E-state index is 0.158. The Hall–Kier alpha value is -0.710. The van der Waals surface area contributed by atoms with E-state index in [1.807, 2.05) is 24.3 Å². The smallest absolute Gasteiger partial charge is 0.165 e. The highest BCUT2D eigenvalue weighted by molar-refractivity contribution is 9.10. The molecular weight excluding hydrogens is 294 g/mol. The van der Waals surface area contributed by atoms with Gasteiger partial charge in [0.25, 0.3) is 0 Å². The van der Waals surface area contributed by atoms with E-state index < -0.39 is 0 Å². The third-order valence-electron chi connectivity index (χ3n) is 3.25. The molecule has 1 N–H and O–H groups in total. The predicted molar refractivity (Wildman–Crippen MR) is 74.8 cm³/mol. The lowest BCUT2D eigenvalue weighted by Crippen LogP contribution is -2.31. The van der Waals surface area contributed by atoms with E-state index in [9.17, 15) is 4.79 Å². The molecule has 1 aromatic rings. The summed E-state index contributed by atoms with van der Waals surface area (Å²) in [5, 5.41) is 9.01. The number of ketones is 1. The normalized spacial score (nSPS) is 15.1. The van der Waals surface area contributed by atoms with Crippen LogP contribution in [0.4, 0.5) is 0 Å². The number of Topliss-reactive ketones (excluding diaryl/α,β-unsaturated/α-hetero) is 1. The number of nitrogens with zero attached hydrogens (tertiary/aromatic N) is 1. The zero-order valence-electron chi connectivity index (χ0n) is 10.3. The SMILES string of the molecule is O=C(CCN(CCO)C1CC1)c1ccccc1Br. The van der Waals surface area contributed by atoms with Gasteiger partial charge in [-0.05, 0) is 18.9 Å². The van der Waals surface area contributed by atoms with E-state index in [0.717, 1.165) is 16.6 Å². The second-order valence-electron chi connectivity index (χ2n) is 4.64. The summed E-state index contributed by atoms with van der Waals surface area (Å²) in [6.45, 7) is 1.58. The van der Waals surface area contributed by atoms with Crippen molar-refractivity contribution >= 4 is 21.7 Å². The molecule has 0 spiro atoms. The number of aliphatic hydroxyl groups excluding tert-OH is 1. The van der Waals surface area contributed by atoms with Crippen LogP contribution in [-0.2, 0) is 0 Å². The minimum Gasteiger partial charge on any atom is -0.395 e. The molecule has 0 aromatic heterocycles. The lowest BCUT2D eigenvalue weighted by atomic mass is 10.1. The molecule has 1 aromatic carbocycles. The van der Waals surface area contributed by atoms with Crippen LogP contribution in [0.1, 0.15) is 29.6 Å². The first-order chi connectivity index (χ1) is 8.72. The zero-order valence-corrected chi connectivity index (χ0v) is 11.9. The summed E-state index contributed by atoms with van der Waals surface area (Å²) in [6, 6.07) is 8.11. The lowest BCUT2D eigenvalue weighted by Gasteiger charge is -2.20. The van der Waals surface area contributed by atoms with Gasteiger partial charge >= 0.3 is 0 Å². The van der Waals surface area contributed by atoms with Gasteiger partial charge < -0.3 is 5.11 Å². The molecule has 0 bridgehead atoms. The van der Waals surface area contributed by atoms with E-state index in [0.29, 0.717) is 19.0 Å². The molecule has 0 radical (unpaired) electrons. The van der Waals surface area contributed by atoms with Crippen molar-refractivity contribution in [2.45, 2.75) is 25.3 Å². The van der Waals surface area contributed by atoms with Crippen molar-refractivity contribution in [3.63, 3.8) is 0 Å². The van der Waals surface area contributed by atoms with Gasteiger partial charge in [-0.1, -0.05) is 34.1 Å². The molecule has 1 fully saturated rings. The largest absolute Gasteiger partial charge is 0.395 e. The van der Waals surface area contributed by atoms with Crippen molar-refractivity contribution in [1.82, 2.24) is 4.90 Å². The zero-order chi connectivity index (χ0) is 13.0. The maximum atomic E-state index is 12.1. The average molecular weight is 312 g/mol. The van der Waals surface area contributed by atoms with Crippen LogP contribution in [0.5, 0.6) is 0 Å². The van der Waals surface area contributed by atoms with Crippen molar-refractivity contribution < 1.29 is 9.90 Å². The van der Waals surface area contributed by atoms with Crippen LogP contribution in [0.3, 0.4) is 0 Å². The maximum Gasteiger partial charge on any atom is 0.165 e. The molecule has 98 valence electrons. The number of carbonyl (C=O) groups excluding carboxylic acids is 1. The molecule has 0 unspecified atom stereocenters. The number of hydrogen-bond acceptors (Lipinski definition) is 3. The number of carbonyl (C=O) groups is 1. The maximum absolute atomic E-state index is 12.1. The summed E-state index contributed by atoms with van der Waals surface area (Å²) in [6.07, 6.45) is 2.91. The second-order valence-corrected chi connectivity index (χ2v) is 5.50. The molecule has 0 heterocycles. The van der Waals surface area contributed by atoms with Gasteiger partial charge in [0.05, 0.1) is 6.61 Å². The van der Waals surface area contributed by atoms with Crippen LogP contribution in [-0.4, -0.2) is 41.5 Å². The topological polar surface area (TPSA) is 40.5 Å². The minimum absolute atomic E-state index is 0.158. The van der Waals surface area contributed by atoms with Gasteiger partial charge in [0, 0.05) is 35.6 Å². The van der Waals surface area contributed by atoms with Gasteiger partial charge in [-0.25, -0.2) is 0 Å². The number of rotatable bonds is 7. The lowest BCUT2D eigenvalue weighted by molar-refractivity contribution is 0.0953. The Kier molecular flexibility index (Phi) is 4.92. The highest BCUT2D eigenvalue weighted by Crippen LogP contribution is 2.27. The van der Waals surface area contributed by atoms with Crippen LogP contribution in [0.25, 0.3) is 0 Å². The summed E-state index contributed by atoms with van der Waals surface area (Å²) in [4.78, 5) is 14.3. The van der Waals surface area contributed by atoms with Crippen molar-refractivity contribution in [1.29, 1.82) is 0 Å². The van der Waals surface area contributed by atoms with E-state index in [-0.39, 0.29) is 12.4 Å². The molecule has 1 aliphatic carbocycles. The number of aliphatic hydroxyl groups is 1. The summed E-state index contributed by atoms with van der Waals surface area (Å²) in [5.41, 5.74) is 0.747.